The number of methoxy groups -OCH3 is 1. The van der Waals surface area contributed by atoms with Crippen molar-refractivity contribution in [2.24, 2.45) is 0 Å². The normalized spacial score (nSPS) is 9.67. The SMILES string of the molecule is COc1c[c]ccc1Oc1ccccc1. The lowest BCUT2D eigenvalue weighted by Gasteiger charge is -2.09. The maximum absolute atomic E-state index is 5.66. The lowest BCUT2D eigenvalue weighted by Crippen LogP contribution is -1.89. The summed E-state index contributed by atoms with van der Waals surface area (Å²) < 4.78 is 10.8. The van der Waals surface area contributed by atoms with E-state index in [0.717, 1.165) is 5.75 Å². The molecule has 0 N–H and O–H groups in total. The van der Waals surface area contributed by atoms with Crippen LogP contribution >= 0.6 is 0 Å². The molecule has 0 atom stereocenters. The highest BCUT2D eigenvalue weighted by Crippen LogP contribution is 2.30. The first-order chi connectivity index (χ1) is 7.40. The number of benzene rings is 2. The van der Waals surface area contributed by atoms with Crippen LogP contribution in [-0.2, 0) is 0 Å². The van der Waals surface area contributed by atoms with Crippen LogP contribution < -0.4 is 9.47 Å². The first-order valence-electron chi connectivity index (χ1n) is 4.67. The molecule has 0 aliphatic heterocycles. The van der Waals surface area contributed by atoms with Gasteiger partial charge < -0.3 is 9.47 Å². The van der Waals surface area contributed by atoms with E-state index in [1.54, 1.807) is 19.2 Å². The highest BCUT2D eigenvalue weighted by atomic mass is 16.5. The molecule has 2 nitrogen and oxygen atoms in total. The van der Waals surface area contributed by atoms with E-state index >= 15 is 0 Å². The fraction of sp³-hybridized carbons (Fsp3) is 0.0769. The quantitative estimate of drug-likeness (QED) is 0.755. The molecular weight excluding hydrogens is 188 g/mol. The molecule has 0 fully saturated rings. The number of ether oxygens (including phenoxy) is 2. The van der Waals surface area contributed by atoms with Gasteiger partial charge in [-0.25, -0.2) is 0 Å². The molecule has 75 valence electrons. The zero-order valence-corrected chi connectivity index (χ0v) is 8.44. The molecule has 0 spiro atoms. The van der Waals surface area contributed by atoms with Crippen molar-refractivity contribution in [2.75, 3.05) is 7.11 Å². The Kier molecular flexibility index (Phi) is 2.88. The first kappa shape index (κ1) is 9.59. The molecule has 0 bridgehead atoms. The fourth-order valence-corrected chi connectivity index (χ4v) is 1.26. The highest BCUT2D eigenvalue weighted by molar-refractivity contribution is 5.42. The maximum atomic E-state index is 5.66. The largest absolute Gasteiger partial charge is 0.493 e. The smallest absolute Gasteiger partial charge is 0.169 e. The van der Waals surface area contributed by atoms with Crippen LogP contribution in [0.25, 0.3) is 0 Å². The van der Waals surface area contributed by atoms with Crippen molar-refractivity contribution >= 4 is 0 Å². The Labute approximate surface area is 89.1 Å². The zero-order valence-electron chi connectivity index (χ0n) is 8.44. The minimum atomic E-state index is 0.682. The van der Waals surface area contributed by atoms with Gasteiger partial charge in [0.25, 0.3) is 0 Å². The zero-order chi connectivity index (χ0) is 10.5. The van der Waals surface area contributed by atoms with Crippen LogP contribution in [0.2, 0.25) is 0 Å². The summed E-state index contributed by atoms with van der Waals surface area (Å²) in [7, 11) is 1.61. The number of hydrogen-bond acceptors (Lipinski definition) is 2. The molecule has 0 heterocycles. The molecular formula is C13H11O2. The molecule has 2 aromatic rings. The van der Waals surface area contributed by atoms with E-state index in [2.05, 4.69) is 6.07 Å². The van der Waals surface area contributed by atoms with Gasteiger partial charge in [0.15, 0.2) is 11.5 Å². The summed E-state index contributed by atoms with van der Waals surface area (Å²) in [6, 6.07) is 17.9. The van der Waals surface area contributed by atoms with Gasteiger partial charge in [0, 0.05) is 0 Å². The van der Waals surface area contributed by atoms with Crippen molar-refractivity contribution in [1.29, 1.82) is 0 Å². The molecule has 1 radical (unpaired) electrons. The van der Waals surface area contributed by atoms with Crippen LogP contribution in [0.5, 0.6) is 17.2 Å². The lowest BCUT2D eigenvalue weighted by atomic mass is 10.3. The highest BCUT2D eigenvalue weighted by Gasteiger charge is 2.02. The van der Waals surface area contributed by atoms with Gasteiger partial charge >= 0.3 is 0 Å². The van der Waals surface area contributed by atoms with Crippen molar-refractivity contribution in [3.63, 3.8) is 0 Å². The molecule has 15 heavy (non-hydrogen) atoms. The molecule has 0 unspecified atom stereocenters. The van der Waals surface area contributed by atoms with Gasteiger partial charge in [-0.05, 0) is 30.3 Å². The van der Waals surface area contributed by atoms with Crippen molar-refractivity contribution in [2.45, 2.75) is 0 Å². The van der Waals surface area contributed by atoms with E-state index in [1.165, 1.54) is 0 Å². The molecule has 2 heteroatoms. The van der Waals surface area contributed by atoms with Crippen molar-refractivity contribution in [3.05, 3.63) is 54.6 Å². The standard InChI is InChI=1S/C13H11O2/c1-14-12-9-5-6-10-13(12)15-11-7-3-2-4-8-11/h2-4,6-10H,1H3. The van der Waals surface area contributed by atoms with Gasteiger partial charge in [0.05, 0.1) is 7.11 Å². The van der Waals surface area contributed by atoms with Crippen LogP contribution in [0, 0.1) is 6.07 Å². The molecule has 0 aliphatic rings. The average Bonchev–Trinajstić information content (AvgIpc) is 2.31. The van der Waals surface area contributed by atoms with Crippen molar-refractivity contribution < 1.29 is 9.47 Å². The summed E-state index contributed by atoms with van der Waals surface area (Å²) in [6.45, 7) is 0. The summed E-state index contributed by atoms with van der Waals surface area (Å²) in [5, 5.41) is 0. The van der Waals surface area contributed by atoms with Crippen molar-refractivity contribution in [3.8, 4) is 17.2 Å². The monoisotopic (exact) mass is 199 g/mol. The molecule has 0 saturated heterocycles. The topological polar surface area (TPSA) is 18.5 Å². The lowest BCUT2D eigenvalue weighted by molar-refractivity contribution is 0.379. The van der Waals surface area contributed by atoms with E-state index in [0.29, 0.717) is 11.5 Å². The van der Waals surface area contributed by atoms with E-state index in [-0.39, 0.29) is 0 Å². The summed E-state index contributed by atoms with van der Waals surface area (Å²) in [6.07, 6.45) is 0. The fourth-order valence-electron chi connectivity index (χ4n) is 1.26. The Bertz CT molecular complexity index is 424. The molecule has 0 amide bonds. The molecule has 0 saturated carbocycles. The van der Waals surface area contributed by atoms with E-state index in [4.69, 9.17) is 9.47 Å². The van der Waals surface area contributed by atoms with Crippen LogP contribution in [0.4, 0.5) is 0 Å². The Morgan fingerprint density at radius 2 is 1.80 bits per heavy atom. The third-order valence-corrected chi connectivity index (χ3v) is 1.98. The molecule has 2 rings (SSSR count). The first-order valence-corrected chi connectivity index (χ1v) is 4.67. The van der Waals surface area contributed by atoms with Crippen LogP contribution in [-0.4, -0.2) is 7.11 Å². The van der Waals surface area contributed by atoms with E-state index < -0.39 is 0 Å². The van der Waals surface area contributed by atoms with Crippen LogP contribution in [0.3, 0.4) is 0 Å². The minimum Gasteiger partial charge on any atom is -0.493 e. The van der Waals surface area contributed by atoms with Gasteiger partial charge in [0.1, 0.15) is 5.75 Å². The minimum absolute atomic E-state index is 0.682. The van der Waals surface area contributed by atoms with Crippen LogP contribution in [0.15, 0.2) is 48.5 Å². The maximum Gasteiger partial charge on any atom is 0.169 e. The molecule has 0 aromatic heterocycles. The van der Waals surface area contributed by atoms with Gasteiger partial charge in [-0.2, -0.15) is 0 Å². The van der Waals surface area contributed by atoms with Gasteiger partial charge in [0.2, 0.25) is 0 Å². The average molecular weight is 199 g/mol. The number of para-hydroxylation sites is 1. The number of rotatable bonds is 3. The Morgan fingerprint density at radius 1 is 1.00 bits per heavy atom. The van der Waals surface area contributed by atoms with Gasteiger partial charge in [-0.3, -0.25) is 0 Å². The predicted molar refractivity (Wildman–Crippen MR) is 58.3 cm³/mol. The Hall–Kier alpha value is -1.96. The predicted octanol–water partition coefficient (Wildman–Crippen LogP) is 3.29. The summed E-state index contributed by atoms with van der Waals surface area (Å²) in [5.74, 6) is 2.17. The van der Waals surface area contributed by atoms with Gasteiger partial charge in [-0.1, -0.05) is 24.3 Å². The molecule has 2 aromatic carbocycles. The summed E-state index contributed by atoms with van der Waals surface area (Å²) in [5.41, 5.74) is 0. The van der Waals surface area contributed by atoms with Crippen molar-refractivity contribution in [1.82, 2.24) is 0 Å². The molecule has 0 aliphatic carbocycles. The summed E-state index contributed by atoms with van der Waals surface area (Å²) >= 11 is 0. The third-order valence-electron chi connectivity index (χ3n) is 1.98. The van der Waals surface area contributed by atoms with Gasteiger partial charge in [-0.15, -0.1) is 0 Å². The van der Waals surface area contributed by atoms with E-state index in [9.17, 15) is 0 Å². The second-order valence-corrected chi connectivity index (χ2v) is 2.99. The second kappa shape index (κ2) is 4.51. The third kappa shape index (κ3) is 2.29. The Morgan fingerprint density at radius 3 is 2.53 bits per heavy atom. The Balaban J connectivity index is 2.24. The summed E-state index contributed by atoms with van der Waals surface area (Å²) in [4.78, 5) is 0. The van der Waals surface area contributed by atoms with E-state index in [1.807, 2.05) is 36.4 Å². The number of hydrogen-bond donors (Lipinski definition) is 0. The van der Waals surface area contributed by atoms with Crippen LogP contribution in [0.1, 0.15) is 0 Å². The second-order valence-electron chi connectivity index (χ2n) is 2.99.